The largest absolute Gasteiger partial charge is 0.448 e. The molecule has 1 aliphatic carbocycles. The van der Waals surface area contributed by atoms with Gasteiger partial charge in [0.1, 0.15) is 5.69 Å². The topological polar surface area (TPSA) is 83.4 Å². The van der Waals surface area contributed by atoms with E-state index in [4.69, 9.17) is 4.42 Å². The molecular weight excluding hydrogens is 384 g/mol. The van der Waals surface area contributed by atoms with Gasteiger partial charge in [0.2, 0.25) is 0 Å². The number of H-pyrrole nitrogens is 1. The molecule has 1 amide bonds. The predicted octanol–water partition coefficient (Wildman–Crippen LogP) is 2.71. The maximum atomic E-state index is 12.7. The summed E-state index contributed by atoms with van der Waals surface area (Å²) in [6.45, 7) is 0.745. The minimum absolute atomic E-state index is 0.0567. The smallest absolute Gasteiger partial charge is 0.270 e. The van der Waals surface area contributed by atoms with Crippen LogP contribution < -0.4 is 0 Å². The number of nitrogens with one attached hydrogen (secondary N) is 1. The summed E-state index contributed by atoms with van der Waals surface area (Å²) >= 11 is 3.24. The molecule has 1 saturated heterocycles. The van der Waals surface area contributed by atoms with Gasteiger partial charge >= 0.3 is 0 Å². The molecule has 8 heteroatoms. The zero-order valence-corrected chi connectivity index (χ0v) is 14.9. The third-order valence-electron chi connectivity index (χ3n) is 5.18. The molecule has 0 unspecified atom stereocenters. The van der Waals surface area contributed by atoms with Gasteiger partial charge in [-0.1, -0.05) is 6.42 Å². The van der Waals surface area contributed by atoms with Gasteiger partial charge in [-0.15, -0.1) is 0 Å². The summed E-state index contributed by atoms with van der Waals surface area (Å²) in [5.41, 5.74) is 1.80. The molecule has 2 fully saturated rings. The molecule has 1 N–H and O–H groups in total. The number of amides is 1. The van der Waals surface area contributed by atoms with Crippen molar-refractivity contribution in [1.82, 2.24) is 9.88 Å². The fourth-order valence-electron chi connectivity index (χ4n) is 3.56. The van der Waals surface area contributed by atoms with Crippen molar-refractivity contribution < 1.29 is 17.6 Å². The van der Waals surface area contributed by atoms with Crippen LogP contribution >= 0.6 is 15.9 Å². The first kappa shape index (κ1) is 15.3. The molecule has 23 heavy (non-hydrogen) atoms. The highest BCUT2D eigenvalue weighted by Gasteiger charge is 2.49. The zero-order valence-electron chi connectivity index (χ0n) is 12.5. The number of nitrogens with zero attached hydrogens (tertiary/aromatic N) is 1. The highest BCUT2D eigenvalue weighted by atomic mass is 79.9. The molecule has 0 aromatic carbocycles. The Labute approximate surface area is 142 Å². The first-order chi connectivity index (χ1) is 10.9. The number of carbonyl (C=O) groups excluding carboxylic acids is 1. The van der Waals surface area contributed by atoms with E-state index in [0.29, 0.717) is 28.9 Å². The van der Waals surface area contributed by atoms with E-state index in [-0.39, 0.29) is 18.2 Å². The van der Waals surface area contributed by atoms with Gasteiger partial charge in [-0.3, -0.25) is 4.79 Å². The molecule has 1 aliphatic heterocycles. The second-order valence-corrected chi connectivity index (χ2v) is 9.69. The maximum absolute atomic E-state index is 12.7. The van der Waals surface area contributed by atoms with E-state index in [9.17, 15) is 13.2 Å². The summed E-state index contributed by atoms with van der Waals surface area (Å²) < 4.78 is 30.4. The van der Waals surface area contributed by atoms with Crippen molar-refractivity contribution in [3.8, 4) is 0 Å². The van der Waals surface area contributed by atoms with E-state index >= 15 is 0 Å². The number of furan rings is 1. The van der Waals surface area contributed by atoms with Gasteiger partial charge in [-0.2, -0.15) is 0 Å². The molecule has 1 spiro atoms. The zero-order chi connectivity index (χ0) is 16.2. The first-order valence-corrected chi connectivity index (χ1v) is 10.1. The number of fused-ring (bicyclic) bond motifs is 1. The molecule has 6 nitrogen and oxygen atoms in total. The van der Waals surface area contributed by atoms with Crippen LogP contribution in [-0.4, -0.2) is 47.8 Å². The number of hydrogen-bond acceptors (Lipinski definition) is 4. The Morgan fingerprint density at radius 1 is 1.26 bits per heavy atom. The van der Waals surface area contributed by atoms with Gasteiger partial charge in [0.15, 0.2) is 20.1 Å². The van der Waals surface area contributed by atoms with Crippen LogP contribution in [0.3, 0.4) is 0 Å². The average Bonchev–Trinajstić information content (AvgIpc) is 2.91. The molecule has 0 atom stereocenters. The Kier molecular flexibility index (Phi) is 3.39. The molecule has 2 aromatic heterocycles. The quantitative estimate of drug-likeness (QED) is 0.797. The number of rotatable bonds is 1. The Morgan fingerprint density at radius 2 is 2.04 bits per heavy atom. The molecule has 0 radical (unpaired) electrons. The highest BCUT2D eigenvalue weighted by molar-refractivity contribution is 9.10. The molecule has 124 valence electrons. The normalized spacial score (nSPS) is 22.9. The monoisotopic (exact) mass is 400 g/mol. The number of aromatic amines is 1. The molecule has 2 aromatic rings. The second-order valence-electron chi connectivity index (χ2n) is 6.41. The molecule has 0 bridgehead atoms. The molecule has 2 aliphatic rings. The van der Waals surface area contributed by atoms with Crippen LogP contribution in [0.2, 0.25) is 0 Å². The van der Waals surface area contributed by atoms with E-state index in [1.54, 1.807) is 17.0 Å². The molecule has 4 rings (SSSR count). The Morgan fingerprint density at radius 3 is 2.70 bits per heavy atom. The van der Waals surface area contributed by atoms with Gasteiger partial charge in [0.25, 0.3) is 5.91 Å². The van der Waals surface area contributed by atoms with E-state index in [0.717, 1.165) is 24.8 Å². The van der Waals surface area contributed by atoms with Crippen molar-refractivity contribution in [3.05, 3.63) is 22.5 Å². The van der Waals surface area contributed by atoms with Crippen molar-refractivity contribution >= 4 is 42.8 Å². The molecule has 1 saturated carbocycles. The van der Waals surface area contributed by atoms with Crippen molar-refractivity contribution in [2.24, 2.45) is 0 Å². The van der Waals surface area contributed by atoms with Gasteiger partial charge < -0.3 is 14.3 Å². The lowest BCUT2D eigenvalue weighted by Crippen LogP contribution is -2.46. The van der Waals surface area contributed by atoms with E-state index < -0.39 is 14.6 Å². The average molecular weight is 401 g/mol. The van der Waals surface area contributed by atoms with Crippen LogP contribution in [0.4, 0.5) is 0 Å². The van der Waals surface area contributed by atoms with Crippen LogP contribution in [0.25, 0.3) is 11.1 Å². The van der Waals surface area contributed by atoms with E-state index in [1.807, 2.05) is 0 Å². The van der Waals surface area contributed by atoms with Crippen LogP contribution in [0.5, 0.6) is 0 Å². The lowest BCUT2D eigenvalue weighted by Gasteiger charge is -2.39. The highest BCUT2D eigenvalue weighted by Crippen LogP contribution is 2.44. The standard InChI is InChI=1S/C15H17BrN2O4S/c16-13-9-10-12(22-13)8-11(17-10)14(19)18-5-4-15(2-1-3-15)23(20,21)7-6-18/h8-9,17H,1-7H2. The van der Waals surface area contributed by atoms with Crippen molar-refractivity contribution in [1.29, 1.82) is 0 Å². The maximum Gasteiger partial charge on any atom is 0.270 e. The fourth-order valence-corrected chi connectivity index (χ4v) is 6.17. The minimum atomic E-state index is -3.12. The number of sulfone groups is 1. The number of aromatic nitrogens is 1. The van der Waals surface area contributed by atoms with E-state index in [2.05, 4.69) is 20.9 Å². The second kappa shape index (κ2) is 5.11. The summed E-state index contributed by atoms with van der Waals surface area (Å²) in [7, 11) is -3.12. The summed E-state index contributed by atoms with van der Waals surface area (Å²) in [6.07, 6.45) is 2.99. The van der Waals surface area contributed by atoms with Gasteiger partial charge in [0, 0.05) is 25.2 Å². The summed E-state index contributed by atoms with van der Waals surface area (Å²) in [5.74, 6) is -0.111. The van der Waals surface area contributed by atoms with Crippen molar-refractivity contribution in [2.75, 3.05) is 18.8 Å². The lowest BCUT2D eigenvalue weighted by molar-refractivity contribution is 0.0754. The third-order valence-corrected chi connectivity index (χ3v) is 8.23. The Bertz CT molecular complexity index is 847. The van der Waals surface area contributed by atoms with Crippen molar-refractivity contribution in [3.63, 3.8) is 0 Å². The summed E-state index contributed by atoms with van der Waals surface area (Å²) in [6, 6.07) is 3.43. The van der Waals surface area contributed by atoms with Gasteiger partial charge in [-0.25, -0.2) is 8.42 Å². The lowest BCUT2D eigenvalue weighted by atomic mass is 9.81. The number of halogens is 1. The van der Waals surface area contributed by atoms with Gasteiger partial charge in [-0.05, 0) is 35.2 Å². The Hall–Kier alpha value is -1.28. The SMILES string of the molecule is O=C(c1cc2oc(Br)cc2[nH]1)N1CCC2(CCC2)S(=O)(=O)CC1. The molecule has 3 heterocycles. The van der Waals surface area contributed by atoms with Crippen LogP contribution in [0, 0.1) is 0 Å². The first-order valence-electron chi connectivity index (χ1n) is 7.70. The van der Waals surface area contributed by atoms with Crippen molar-refractivity contribution in [2.45, 2.75) is 30.4 Å². The van der Waals surface area contributed by atoms with Crippen LogP contribution in [0.15, 0.2) is 21.2 Å². The van der Waals surface area contributed by atoms with Crippen LogP contribution in [-0.2, 0) is 9.84 Å². The number of hydrogen-bond donors (Lipinski definition) is 1. The van der Waals surface area contributed by atoms with Gasteiger partial charge in [0.05, 0.1) is 16.0 Å². The fraction of sp³-hybridized carbons (Fsp3) is 0.533. The van der Waals surface area contributed by atoms with E-state index in [1.165, 1.54) is 0 Å². The predicted molar refractivity (Wildman–Crippen MR) is 89.2 cm³/mol. The third kappa shape index (κ3) is 2.34. The molecular formula is C15H17BrN2O4S. The minimum Gasteiger partial charge on any atom is -0.448 e. The Balaban J connectivity index is 1.58. The summed E-state index contributed by atoms with van der Waals surface area (Å²) in [4.78, 5) is 17.4. The number of carbonyl (C=O) groups is 1. The van der Waals surface area contributed by atoms with Crippen LogP contribution in [0.1, 0.15) is 36.2 Å². The summed E-state index contributed by atoms with van der Waals surface area (Å²) in [5, 5.41) is 0.